The zero-order valence-electron chi connectivity index (χ0n) is 12.2. The summed E-state index contributed by atoms with van der Waals surface area (Å²) in [6.07, 6.45) is 2.24. The molecular formula is C15H21NO4S. The molecule has 1 N–H and O–H groups in total. The van der Waals surface area contributed by atoms with Gasteiger partial charge in [-0.25, -0.2) is 13.2 Å². The van der Waals surface area contributed by atoms with E-state index >= 15 is 0 Å². The molecule has 0 bridgehead atoms. The van der Waals surface area contributed by atoms with Crippen LogP contribution in [-0.2, 0) is 9.84 Å². The van der Waals surface area contributed by atoms with Gasteiger partial charge in [0.25, 0.3) is 0 Å². The molecular weight excluding hydrogens is 290 g/mol. The Morgan fingerprint density at radius 3 is 2.33 bits per heavy atom. The molecule has 0 aromatic heterocycles. The fourth-order valence-corrected chi connectivity index (χ4v) is 3.74. The van der Waals surface area contributed by atoms with Crippen LogP contribution in [0.25, 0.3) is 0 Å². The van der Waals surface area contributed by atoms with Gasteiger partial charge in [0.05, 0.1) is 16.2 Å². The largest absolute Gasteiger partial charge is 0.478 e. The van der Waals surface area contributed by atoms with Crippen LogP contribution >= 0.6 is 0 Å². The maximum Gasteiger partial charge on any atom is 0.335 e. The summed E-state index contributed by atoms with van der Waals surface area (Å²) in [5.74, 6) is -0.254. The average molecular weight is 311 g/mol. The summed E-state index contributed by atoms with van der Waals surface area (Å²) in [6.45, 7) is 4.66. The summed E-state index contributed by atoms with van der Waals surface area (Å²) in [5.41, 5.74) is 0.0963. The maximum absolute atomic E-state index is 12.2. The van der Waals surface area contributed by atoms with Crippen molar-refractivity contribution in [2.24, 2.45) is 5.92 Å². The number of carboxylic acids is 1. The Bertz CT molecular complexity index is 587. The van der Waals surface area contributed by atoms with E-state index in [-0.39, 0.29) is 16.2 Å². The highest BCUT2D eigenvalue weighted by molar-refractivity contribution is 7.91. The SMILES string of the molecule is CC1CCN(CCS(=O)(=O)c2ccc(C(=O)O)cc2)CC1. The molecule has 0 unspecified atom stereocenters. The molecule has 1 heterocycles. The number of carbonyl (C=O) groups is 1. The molecule has 1 aliphatic heterocycles. The summed E-state index contributed by atoms with van der Waals surface area (Å²) >= 11 is 0. The molecule has 5 nitrogen and oxygen atoms in total. The number of hydrogen-bond donors (Lipinski definition) is 1. The molecule has 0 spiro atoms. The lowest BCUT2D eigenvalue weighted by molar-refractivity contribution is 0.0696. The third-order valence-corrected chi connectivity index (χ3v) is 5.72. The van der Waals surface area contributed by atoms with E-state index in [4.69, 9.17) is 5.11 Å². The number of hydrogen-bond acceptors (Lipinski definition) is 4. The molecule has 1 aromatic carbocycles. The van der Waals surface area contributed by atoms with Crippen molar-refractivity contribution in [1.82, 2.24) is 4.90 Å². The van der Waals surface area contributed by atoms with Gasteiger partial charge in [-0.3, -0.25) is 0 Å². The molecule has 1 aliphatic rings. The number of aromatic carboxylic acids is 1. The fourth-order valence-electron chi connectivity index (χ4n) is 2.46. The van der Waals surface area contributed by atoms with Gasteiger partial charge in [0, 0.05) is 6.54 Å². The van der Waals surface area contributed by atoms with Gasteiger partial charge in [-0.1, -0.05) is 6.92 Å². The van der Waals surface area contributed by atoms with Gasteiger partial charge < -0.3 is 10.0 Å². The monoisotopic (exact) mass is 311 g/mol. The molecule has 0 saturated carbocycles. The predicted molar refractivity (Wildman–Crippen MR) is 80.3 cm³/mol. The van der Waals surface area contributed by atoms with Gasteiger partial charge in [-0.15, -0.1) is 0 Å². The van der Waals surface area contributed by atoms with Crippen LogP contribution in [-0.4, -0.2) is 49.8 Å². The third kappa shape index (κ3) is 4.28. The first-order chi connectivity index (χ1) is 9.88. The predicted octanol–water partition coefficient (Wildman–Crippen LogP) is 1.89. The minimum Gasteiger partial charge on any atom is -0.478 e. The quantitative estimate of drug-likeness (QED) is 0.899. The standard InChI is InChI=1S/C15H21NO4S/c1-12-6-8-16(9-7-12)10-11-21(19,20)14-4-2-13(3-5-14)15(17)18/h2-5,12H,6-11H2,1H3,(H,17,18). The Morgan fingerprint density at radius 2 is 1.81 bits per heavy atom. The maximum atomic E-state index is 12.2. The van der Waals surface area contributed by atoms with Crippen LogP contribution in [0.4, 0.5) is 0 Å². The average Bonchev–Trinajstić information content (AvgIpc) is 2.47. The van der Waals surface area contributed by atoms with Crippen molar-refractivity contribution in [3.8, 4) is 0 Å². The van der Waals surface area contributed by atoms with Gasteiger partial charge in [0.15, 0.2) is 9.84 Å². The Balaban J connectivity index is 1.96. The summed E-state index contributed by atoms with van der Waals surface area (Å²) in [6, 6.07) is 5.41. The first kappa shape index (κ1) is 16.0. The highest BCUT2D eigenvalue weighted by Gasteiger charge is 2.20. The van der Waals surface area contributed by atoms with Crippen LogP contribution in [0.2, 0.25) is 0 Å². The molecule has 0 amide bonds. The van der Waals surface area contributed by atoms with Crippen LogP contribution in [0.5, 0.6) is 0 Å². The molecule has 2 rings (SSSR count). The van der Waals surface area contributed by atoms with E-state index in [1.54, 1.807) is 0 Å². The van der Waals surface area contributed by atoms with Crippen LogP contribution in [0.15, 0.2) is 29.2 Å². The van der Waals surface area contributed by atoms with Gasteiger partial charge in [-0.2, -0.15) is 0 Å². The number of rotatable bonds is 5. The van der Waals surface area contributed by atoms with Crippen LogP contribution < -0.4 is 0 Å². The minimum absolute atomic E-state index is 0.0772. The van der Waals surface area contributed by atoms with Gasteiger partial charge in [0.1, 0.15) is 0 Å². The Labute approximate surface area is 125 Å². The molecule has 6 heteroatoms. The lowest BCUT2D eigenvalue weighted by atomic mass is 9.99. The zero-order valence-corrected chi connectivity index (χ0v) is 13.0. The third-order valence-electron chi connectivity index (χ3n) is 4.01. The van der Waals surface area contributed by atoms with E-state index in [2.05, 4.69) is 11.8 Å². The number of nitrogens with zero attached hydrogens (tertiary/aromatic N) is 1. The second-order valence-corrected chi connectivity index (χ2v) is 7.78. The van der Waals surface area contributed by atoms with E-state index in [1.165, 1.54) is 24.3 Å². The number of carboxylic acid groups (broad SMARTS) is 1. The lowest BCUT2D eigenvalue weighted by Gasteiger charge is -2.29. The van der Waals surface area contributed by atoms with E-state index in [9.17, 15) is 13.2 Å². The molecule has 1 saturated heterocycles. The second kappa shape index (κ2) is 6.58. The van der Waals surface area contributed by atoms with Crippen molar-refractivity contribution in [2.75, 3.05) is 25.4 Å². The van der Waals surface area contributed by atoms with Crippen molar-refractivity contribution in [2.45, 2.75) is 24.7 Å². The van der Waals surface area contributed by atoms with Crippen LogP contribution in [0.3, 0.4) is 0 Å². The van der Waals surface area contributed by atoms with Crippen molar-refractivity contribution >= 4 is 15.8 Å². The smallest absolute Gasteiger partial charge is 0.335 e. The topological polar surface area (TPSA) is 74.7 Å². The van der Waals surface area contributed by atoms with Crippen LogP contribution in [0, 0.1) is 5.92 Å². The lowest BCUT2D eigenvalue weighted by Crippen LogP contribution is -2.36. The normalized spacial score (nSPS) is 17.8. The fraction of sp³-hybridized carbons (Fsp3) is 0.533. The first-order valence-electron chi connectivity index (χ1n) is 7.17. The van der Waals surface area contributed by atoms with Crippen molar-refractivity contribution in [3.63, 3.8) is 0 Å². The van der Waals surface area contributed by atoms with Gasteiger partial charge in [-0.05, 0) is 56.1 Å². The van der Waals surface area contributed by atoms with Crippen molar-refractivity contribution in [3.05, 3.63) is 29.8 Å². The Hall–Kier alpha value is -1.40. The Kier molecular flexibility index (Phi) is 5.00. The summed E-state index contributed by atoms with van der Waals surface area (Å²) in [5, 5.41) is 8.82. The number of likely N-dealkylation sites (tertiary alicyclic amines) is 1. The van der Waals surface area contributed by atoms with E-state index < -0.39 is 15.8 Å². The number of sulfone groups is 1. The number of benzene rings is 1. The van der Waals surface area contributed by atoms with Crippen LogP contribution in [0.1, 0.15) is 30.1 Å². The van der Waals surface area contributed by atoms with Crippen molar-refractivity contribution < 1.29 is 18.3 Å². The molecule has 116 valence electrons. The first-order valence-corrected chi connectivity index (χ1v) is 8.82. The van der Waals surface area contributed by atoms with E-state index in [0.29, 0.717) is 6.54 Å². The number of piperidine rings is 1. The van der Waals surface area contributed by atoms with E-state index in [0.717, 1.165) is 31.8 Å². The molecule has 0 atom stereocenters. The minimum atomic E-state index is -3.35. The van der Waals surface area contributed by atoms with Gasteiger partial charge >= 0.3 is 5.97 Å². The molecule has 0 radical (unpaired) electrons. The summed E-state index contributed by atoms with van der Waals surface area (Å²) in [7, 11) is -3.35. The van der Waals surface area contributed by atoms with Crippen molar-refractivity contribution in [1.29, 1.82) is 0 Å². The van der Waals surface area contributed by atoms with E-state index in [1.807, 2.05) is 0 Å². The summed E-state index contributed by atoms with van der Waals surface area (Å²) < 4.78 is 24.5. The van der Waals surface area contributed by atoms with Gasteiger partial charge in [0.2, 0.25) is 0 Å². The second-order valence-electron chi connectivity index (χ2n) is 5.67. The molecule has 1 fully saturated rings. The highest BCUT2D eigenvalue weighted by atomic mass is 32.2. The highest BCUT2D eigenvalue weighted by Crippen LogP contribution is 2.17. The zero-order chi connectivity index (χ0) is 15.5. The Morgan fingerprint density at radius 1 is 1.24 bits per heavy atom. The summed E-state index contributed by atoms with van der Waals surface area (Å²) in [4.78, 5) is 13.1. The molecule has 0 aliphatic carbocycles. The molecule has 1 aromatic rings. The molecule has 21 heavy (non-hydrogen) atoms.